The zero-order chi connectivity index (χ0) is 15.2. The molecule has 6 heteroatoms. The number of nitrogens with zero attached hydrogens (tertiary/aromatic N) is 2. The van der Waals surface area contributed by atoms with Crippen molar-refractivity contribution >= 4 is 5.97 Å². The van der Waals surface area contributed by atoms with Gasteiger partial charge in [0.1, 0.15) is 0 Å². The van der Waals surface area contributed by atoms with Crippen LogP contribution in [0.1, 0.15) is 23.3 Å². The fourth-order valence-electron chi connectivity index (χ4n) is 2.22. The summed E-state index contributed by atoms with van der Waals surface area (Å²) in [6, 6.07) is 10.1. The van der Waals surface area contributed by atoms with Gasteiger partial charge < -0.3 is 15.6 Å². The number of methoxy groups -OCH3 is 1. The van der Waals surface area contributed by atoms with E-state index in [0.717, 1.165) is 5.56 Å². The summed E-state index contributed by atoms with van der Waals surface area (Å²) in [7, 11) is 1.34. The van der Waals surface area contributed by atoms with Gasteiger partial charge in [-0.25, -0.2) is 4.79 Å². The first kappa shape index (κ1) is 15.2. The largest absolute Gasteiger partial charge is 0.467 e. The molecule has 6 nitrogen and oxygen atoms in total. The van der Waals surface area contributed by atoms with Gasteiger partial charge in [0, 0.05) is 12.6 Å². The molecule has 0 radical (unpaired) electrons. The average molecular weight is 289 g/mol. The lowest BCUT2D eigenvalue weighted by Crippen LogP contribution is -2.29. The fraction of sp³-hybridized carbons (Fsp3) is 0.333. The summed E-state index contributed by atoms with van der Waals surface area (Å²) in [4.78, 5) is 12.1. The molecule has 21 heavy (non-hydrogen) atoms. The van der Waals surface area contributed by atoms with Gasteiger partial charge in [0.2, 0.25) is 0 Å². The van der Waals surface area contributed by atoms with Crippen molar-refractivity contribution in [3.8, 4) is 0 Å². The number of carbonyl (C=O) groups excluding carboxylic acids is 1. The molecule has 0 aliphatic carbocycles. The van der Waals surface area contributed by atoms with E-state index in [0.29, 0.717) is 12.1 Å². The Hall–Kier alpha value is -2.18. The summed E-state index contributed by atoms with van der Waals surface area (Å²) in [5, 5.41) is 13.4. The molecule has 3 N–H and O–H groups in total. The Kier molecular flexibility index (Phi) is 5.08. The molecule has 1 aromatic carbocycles. The van der Waals surface area contributed by atoms with Gasteiger partial charge in [0.05, 0.1) is 25.5 Å². The van der Waals surface area contributed by atoms with E-state index in [1.165, 1.54) is 11.8 Å². The molecule has 112 valence electrons. The van der Waals surface area contributed by atoms with Crippen LogP contribution in [0, 0.1) is 0 Å². The quantitative estimate of drug-likeness (QED) is 0.769. The monoisotopic (exact) mass is 289 g/mol. The normalized spacial score (nSPS) is 13.7. The van der Waals surface area contributed by atoms with Crippen molar-refractivity contribution in [2.45, 2.75) is 18.5 Å². The van der Waals surface area contributed by atoms with Gasteiger partial charge in [0.15, 0.2) is 6.04 Å². The highest BCUT2D eigenvalue weighted by molar-refractivity contribution is 5.74. The summed E-state index contributed by atoms with van der Waals surface area (Å²) >= 11 is 0. The highest BCUT2D eigenvalue weighted by Gasteiger charge is 2.26. The maximum Gasteiger partial charge on any atom is 0.331 e. The van der Waals surface area contributed by atoms with Gasteiger partial charge in [-0.05, 0) is 11.6 Å². The fourth-order valence-corrected chi connectivity index (χ4v) is 2.22. The predicted molar refractivity (Wildman–Crippen MR) is 77.4 cm³/mol. The lowest BCUT2D eigenvalue weighted by molar-refractivity contribution is -0.145. The van der Waals surface area contributed by atoms with Gasteiger partial charge in [-0.3, -0.25) is 4.68 Å². The van der Waals surface area contributed by atoms with E-state index in [-0.39, 0.29) is 6.61 Å². The number of nitrogens with two attached hydrogens (primary N) is 1. The van der Waals surface area contributed by atoms with Crippen LogP contribution < -0.4 is 5.73 Å². The molecule has 2 aromatic rings. The van der Waals surface area contributed by atoms with Crippen LogP contribution in [-0.2, 0) is 16.0 Å². The van der Waals surface area contributed by atoms with E-state index < -0.39 is 18.1 Å². The third-order valence-corrected chi connectivity index (χ3v) is 3.32. The number of aliphatic hydroxyl groups is 1. The molecule has 1 heterocycles. The third kappa shape index (κ3) is 3.48. The number of ether oxygens (including phenoxy) is 1. The molecule has 0 fully saturated rings. The molecule has 0 unspecified atom stereocenters. The van der Waals surface area contributed by atoms with Crippen LogP contribution in [0.15, 0.2) is 42.6 Å². The molecular formula is C15H19N3O3. The van der Waals surface area contributed by atoms with E-state index >= 15 is 0 Å². The number of esters is 1. The first-order valence-electron chi connectivity index (χ1n) is 6.69. The maximum absolute atomic E-state index is 12.1. The van der Waals surface area contributed by atoms with Crippen LogP contribution in [0.2, 0.25) is 0 Å². The maximum atomic E-state index is 12.1. The molecular weight excluding hydrogens is 270 g/mol. The summed E-state index contributed by atoms with van der Waals surface area (Å²) in [5.41, 5.74) is 7.44. The number of benzene rings is 1. The Morgan fingerprint density at radius 3 is 2.71 bits per heavy atom. The molecule has 0 saturated heterocycles. The number of rotatable bonds is 6. The van der Waals surface area contributed by atoms with Crippen LogP contribution in [0.25, 0.3) is 0 Å². The van der Waals surface area contributed by atoms with Crippen molar-refractivity contribution in [1.82, 2.24) is 9.78 Å². The molecule has 2 rings (SSSR count). The Morgan fingerprint density at radius 1 is 1.38 bits per heavy atom. The summed E-state index contributed by atoms with van der Waals surface area (Å²) in [6.07, 6.45) is 2.01. The second kappa shape index (κ2) is 7.01. The zero-order valence-corrected chi connectivity index (χ0v) is 11.8. The predicted octanol–water partition coefficient (Wildman–Crippen LogP) is 0.832. The van der Waals surface area contributed by atoms with Crippen molar-refractivity contribution in [3.63, 3.8) is 0 Å². The SMILES string of the molecule is COC(=O)[C@H](Cc1ccccc1)n1nccc1[C@@H](N)CO. The van der Waals surface area contributed by atoms with E-state index in [2.05, 4.69) is 5.10 Å². The van der Waals surface area contributed by atoms with E-state index in [1.54, 1.807) is 12.3 Å². The Morgan fingerprint density at radius 2 is 2.10 bits per heavy atom. The first-order chi connectivity index (χ1) is 10.2. The highest BCUT2D eigenvalue weighted by Crippen LogP contribution is 2.20. The minimum atomic E-state index is -0.611. The van der Waals surface area contributed by atoms with Crippen LogP contribution in [0.5, 0.6) is 0 Å². The zero-order valence-electron chi connectivity index (χ0n) is 11.8. The molecule has 0 saturated carbocycles. The number of aliphatic hydroxyl groups excluding tert-OH is 1. The number of hydrogen-bond acceptors (Lipinski definition) is 5. The summed E-state index contributed by atoms with van der Waals surface area (Å²) in [6.45, 7) is -0.217. The van der Waals surface area contributed by atoms with E-state index in [1.807, 2.05) is 30.3 Å². The van der Waals surface area contributed by atoms with Gasteiger partial charge in [-0.2, -0.15) is 5.10 Å². The number of aromatic nitrogens is 2. The van der Waals surface area contributed by atoms with Crippen LogP contribution in [0.4, 0.5) is 0 Å². The van der Waals surface area contributed by atoms with Crippen molar-refractivity contribution in [2.24, 2.45) is 5.73 Å². The Bertz CT molecular complexity index is 583. The summed E-state index contributed by atoms with van der Waals surface area (Å²) < 4.78 is 6.40. The molecule has 1 aromatic heterocycles. The number of hydrogen-bond donors (Lipinski definition) is 2. The van der Waals surface area contributed by atoms with E-state index in [4.69, 9.17) is 10.5 Å². The highest BCUT2D eigenvalue weighted by atomic mass is 16.5. The van der Waals surface area contributed by atoms with Crippen molar-refractivity contribution in [3.05, 3.63) is 53.9 Å². The topological polar surface area (TPSA) is 90.4 Å². The van der Waals surface area contributed by atoms with Crippen molar-refractivity contribution < 1.29 is 14.6 Å². The molecule has 0 aliphatic heterocycles. The van der Waals surface area contributed by atoms with Crippen LogP contribution in [0.3, 0.4) is 0 Å². The Labute approximate surface area is 123 Å². The second-order valence-corrected chi connectivity index (χ2v) is 4.72. The molecule has 0 bridgehead atoms. The summed E-state index contributed by atoms with van der Waals surface area (Å²) in [5.74, 6) is -0.394. The van der Waals surface area contributed by atoms with Crippen molar-refractivity contribution in [2.75, 3.05) is 13.7 Å². The van der Waals surface area contributed by atoms with Gasteiger partial charge in [-0.15, -0.1) is 0 Å². The van der Waals surface area contributed by atoms with Gasteiger partial charge in [-0.1, -0.05) is 30.3 Å². The molecule has 0 amide bonds. The van der Waals surface area contributed by atoms with Gasteiger partial charge in [0.25, 0.3) is 0 Å². The molecule has 2 atom stereocenters. The lowest BCUT2D eigenvalue weighted by atomic mass is 10.1. The molecule has 0 spiro atoms. The first-order valence-corrected chi connectivity index (χ1v) is 6.69. The standard InChI is InChI=1S/C15H19N3O3/c1-21-15(20)14(9-11-5-3-2-4-6-11)18-13(7-8-17-18)12(16)10-19/h2-8,12,14,19H,9-10,16H2,1H3/t12-,14-/m0/s1. The Balaban J connectivity index is 2.33. The van der Waals surface area contributed by atoms with Crippen LogP contribution in [-0.4, -0.2) is 34.6 Å². The van der Waals surface area contributed by atoms with Crippen molar-refractivity contribution in [1.29, 1.82) is 0 Å². The third-order valence-electron chi connectivity index (χ3n) is 3.32. The average Bonchev–Trinajstić information content (AvgIpc) is 3.01. The smallest absolute Gasteiger partial charge is 0.331 e. The minimum Gasteiger partial charge on any atom is -0.467 e. The lowest BCUT2D eigenvalue weighted by Gasteiger charge is -2.20. The number of carbonyl (C=O) groups is 1. The van der Waals surface area contributed by atoms with Gasteiger partial charge >= 0.3 is 5.97 Å². The van der Waals surface area contributed by atoms with E-state index in [9.17, 15) is 9.90 Å². The second-order valence-electron chi connectivity index (χ2n) is 4.72. The minimum absolute atomic E-state index is 0.217. The van der Waals surface area contributed by atoms with Crippen LogP contribution >= 0.6 is 0 Å². The molecule has 0 aliphatic rings.